The first-order valence-electron chi connectivity index (χ1n) is 10.8. The van der Waals surface area contributed by atoms with Gasteiger partial charge in [-0.05, 0) is 48.8 Å². The number of methoxy groups -OCH3 is 2. The molecule has 0 unspecified atom stereocenters. The number of carbonyl (C=O) groups excluding carboxylic acids is 1. The van der Waals surface area contributed by atoms with Gasteiger partial charge in [-0.25, -0.2) is 8.42 Å². The molecule has 2 heterocycles. The number of hydrogen-bond acceptors (Lipinski definition) is 6. The van der Waals surface area contributed by atoms with Crippen LogP contribution in [0.15, 0.2) is 23.2 Å². The van der Waals surface area contributed by atoms with Crippen molar-refractivity contribution in [2.24, 2.45) is 16.8 Å². The van der Waals surface area contributed by atoms with Crippen LogP contribution in [0.25, 0.3) is 0 Å². The summed E-state index contributed by atoms with van der Waals surface area (Å²) >= 11 is 1.49. The van der Waals surface area contributed by atoms with Crippen LogP contribution in [0.2, 0.25) is 0 Å². The number of amidine groups is 1. The molecule has 31 heavy (non-hydrogen) atoms. The van der Waals surface area contributed by atoms with Crippen LogP contribution < -0.4 is 9.47 Å². The number of sulfone groups is 1. The molecule has 9 heteroatoms. The highest BCUT2D eigenvalue weighted by Crippen LogP contribution is 2.51. The maximum atomic E-state index is 12.9. The van der Waals surface area contributed by atoms with Gasteiger partial charge in [-0.3, -0.25) is 4.79 Å². The number of carbonyl (C=O) groups is 1. The van der Waals surface area contributed by atoms with E-state index in [1.165, 1.54) is 31.0 Å². The smallest absolute Gasteiger partial charge is 0.252 e. The minimum Gasteiger partial charge on any atom is -0.493 e. The molecule has 2 bridgehead atoms. The zero-order chi connectivity index (χ0) is 21.8. The number of fused-ring (bicyclic) bond motifs is 3. The van der Waals surface area contributed by atoms with Crippen molar-refractivity contribution in [3.8, 4) is 11.5 Å². The van der Waals surface area contributed by atoms with Crippen molar-refractivity contribution >= 4 is 32.7 Å². The second-order valence-electron chi connectivity index (χ2n) is 9.10. The van der Waals surface area contributed by atoms with Crippen molar-refractivity contribution in [2.45, 2.75) is 49.4 Å². The summed E-state index contributed by atoms with van der Waals surface area (Å²) in [6.07, 6.45) is 4.97. The lowest BCUT2D eigenvalue weighted by Gasteiger charge is -2.36. The van der Waals surface area contributed by atoms with Crippen molar-refractivity contribution in [3.05, 3.63) is 23.8 Å². The highest BCUT2D eigenvalue weighted by molar-refractivity contribution is 8.15. The number of benzene rings is 1. The maximum Gasteiger partial charge on any atom is 0.252 e. The number of nitrogens with zero attached hydrogens (tertiary/aromatic N) is 2. The Kier molecular flexibility index (Phi) is 5.45. The minimum absolute atomic E-state index is 0.0169. The van der Waals surface area contributed by atoms with Gasteiger partial charge in [0, 0.05) is 11.3 Å². The van der Waals surface area contributed by atoms with E-state index in [-0.39, 0.29) is 35.1 Å². The highest BCUT2D eigenvalue weighted by atomic mass is 32.2. The fourth-order valence-electron chi connectivity index (χ4n) is 5.84. The standard InChI is InChI=1S/C22H28N2O5S2/c1-28-18-6-4-14(9-19(18)29-2)10-21(25)23-22-24(16-8-13-3-5-15(16)7-13)17-11-31(26,27)12-20(17)30-22/h4,6,9,13,15-17,20H,3,5,7-8,10-12H2,1-2H3/t13-,15-,16+,17+,20+/m0/s1. The van der Waals surface area contributed by atoms with Crippen LogP contribution >= 0.6 is 11.8 Å². The van der Waals surface area contributed by atoms with Crippen LogP contribution in [-0.2, 0) is 21.1 Å². The molecule has 0 N–H and O–H groups in total. The van der Waals surface area contributed by atoms with E-state index in [0.29, 0.717) is 23.5 Å². The molecule has 2 saturated carbocycles. The Labute approximate surface area is 187 Å². The van der Waals surface area contributed by atoms with E-state index in [4.69, 9.17) is 9.47 Å². The molecule has 2 saturated heterocycles. The lowest BCUT2D eigenvalue weighted by Crippen LogP contribution is -2.47. The largest absolute Gasteiger partial charge is 0.493 e. The summed E-state index contributed by atoms with van der Waals surface area (Å²) in [6.45, 7) is 0. The van der Waals surface area contributed by atoms with E-state index in [0.717, 1.165) is 23.1 Å². The summed E-state index contributed by atoms with van der Waals surface area (Å²) in [5, 5.41) is 0.713. The fraction of sp³-hybridized carbons (Fsp3) is 0.636. The molecule has 0 aromatic heterocycles. The Morgan fingerprint density at radius 1 is 1.13 bits per heavy atom. The number of ether oxygens (including phenoxy) is 2. The summed E-state index contributed by atoms with van der Waals surface area (Å²) in [4.78, 5) is 19.6. The Hall–Kier alpha value is -1.74. The third-order valence-corrected chi connectivity index (χ3v) is 10.4. The summed E-state index contributed by atoms with van der Waals surface area (Å²) in [6, 6.07) is 5.70. The highest BCUT2D eigenvalue weighted by Gasteiger charge is 2.54. The zero-order valence-corrected chi connectivity index (χ0v) is 19.5. The Balaban J connectivity index is 1.38. The van der Waals surface area contributed by atoms with Crippen LogP contribution in [0, 0.1) is 11.8 Å². The second kappa shape index (κ2) is 7.99. The van der Waals surface area contributed by atoms with Crippen molar-refractivity contribution in [1.82, 2.24) is 4.90 Å². The molecule has 1 aromatic carbocycles. The van der Waals surface area contributed by atoms with Gasteiger partial charge in [0.2, 0.25) is 0 Å². The Bertz CT molecular complexity index is 1020. The molecule has 4 aliphatic rings. The third kappa shape index (κ3) is 3.95. The Morgan fingerprint density at radius 2 is 1.94 bits per heavy atom. The summed E-state index contributed by atoms with van der Waals surface area (Å²) in [5.41, 5.74) is 0.809. The second-order valence-corrected chi connectivity index (χ2v) is 12.5. The van der Waals surface area contributed by atoms with Gasteiger partial charge in [0.25, 0.3) is 5.91 Å². The quantitative estimate of drug-likeness (QED) is 0.662. The van der Waals surface area contributed by atoms with Crippen molar-refractivity contribution in [2.75, 3.05) is 25.7 Å². The molecular weight excluding hydrogens is 436 g/mol. The van der Waals surface area contributed by atoms with Gasteiger partial charge >= 0.3 is 0 Å². The molecule has 0 spiro atoms. The van der Waals surface area contributed by atoms with Gasteiger partial charge in [0.15, 0.2) is 26.5 Å². The molecule has 2 aliphatic heterocycles. The first-order valence-corrected chi connectivity index (χ1v) is 13.5. The molecule has 5 rings (SSSR count). The minimum atomic E-state index is -3.02. The van der Waals surface area contributed by atoms with E-state index in [2.05, 4.69) is 9.89 Å². The lowest BCUT2D eigenvalue weighted by molar-refractivity contribution is -0.117. The predicted molar refractivity (Wildman–Crippen MR) is 121 cm³/mol. The average molecular weight is 465 g/mol. The van der Waals surface area contributed by atoms with Crippen molar-refractivity contribution in [1.29, 1.82) is 0 Å². The summed E-state index contributed by atoms with van der Waals surface area (Å²) < 4.78 is 35.2. The predicted octanol–water partition coefficient (Wildman–Crippen LogP) is 2.53. The third-order valence-electron chi connectivity index (χ3n) is 7.19. The van der Waals surface area contributed by atoms with Crippen LogP contribution in [-0.4, -0.2) is 67.5 Å². The van der Waals surface area contributed by atoms with Crippen LogP contribution in [0.4, 0.5) is 0 Å². The van der Waals surface area contributed by atoms with Crippen LogP contribution in [0.1, 0.15) is 31.2 Å². The van der Waals surface area contributed by atoms with E-state index < -0.39 is 9.84 Å². The van der Waals surface area contributed by atoms with Gasteiger partial charge in [-0.1, -0.05) is 24.2 Å². The first kappa shape index (κ1) is 21.1. The van der Waals surface area contributed by atoms with E-state index in [1.54, 1.807) is 26.4 Å². The maximum absolute atomic E-state index is 12.9. The van der Waals surface area contributed by atoms with E-state index >= 15 is 0 Å². The molecule has 7 nitrogen and oxygen atoms in total. The molecule has 4 fully saturated rings. The van der Waals surface area contributed by atoms with Gasteiger partial charge in [0.05, 0.1) is 38.2 Å². The fourth-order valence-corrected chi connectivity index (χ4v) is 9.83. The molecule has 2 aliphatic carbocycles. The van der Waals surface area contributed by atoms with E-state index in [1.807, 2.05) is 6.07 Å². The van der Waals surface area contributed by atoms with Gasteiger partial charge in [-0.2, -0.15) is 4.99 Å². The lowest BCUT2D eigenvalue weighted by atomic mass is 9.93. The van der Waals surface area contributed by atoms with Gasteiger partial charge in [0.1, 0.15) is 0 Å². The molecule has 168 valence electrons. The number of hydrogen-bond donors (Lipinski definition) is 0. The van der Waals surface area contributed by atoms with Crippen LogP contribution in [0.5, 0.6) is 11.5 Å². The average Bonchev–Trinajstić information content (AvgIpc) is 3.47. The molecule has 5 atom stereocenters. The first-order chi connectivity index (χ1) is 14.9. The Morgan fingerprint density at radius 3 is 2.61 bits per heavy atom. The molecule has 1 amide bonds. The molecule has 0 radical (unpaired) electrons. The molecular formula is C22H28N2O5S2. The van der Waals surface area contributed by atoms with Crippen LogP contribution in [0.3, 0.4) is 0 Å². The number of aliphatic imine (C=N–C) groups is 1. The number of thioether (sulfide) groups is 1. The number of amides is 1. The van der Waals surface area contributed by atoms with Crippen molar-refractivity contribution < 1.29 is 22.7 Å². The topological polar surface area (TPSA) is 85.3 Å². The zero-order valence-electron chi connectivity index (χ0n) is 17.8. The van der Waals surface area contributed by atoms with Crippen molar-refractivity contribution in [3.63, 3.8) is 0 Å². The number of rotatable bonds is 5. The molecule has 1 aromatic rings. The summed E-state index contributed by atoms with van der Waals surface area (Å²) in [5.74, 6) is 2.68. The van der Waals surface area contributed by atoms with Gasteiger partial charge in [-0.15, -0.1) is 0 Å². The van der Waals surface area contributed by atoms with Gasteiger partial charge < -0.3 is 14.4 Å². The SMILES string of the molecule is COc1ccc(CC(=O)N=C2S[C@@H]3CS(=O)(=O)C[C@H]3N2[C@@H]2C[C@H]3CC[C@H]2C3)cc1OC. The van der Waals surface area contributed by atoms with E-state index in [9.17, 15) is 13.2 Å². The normalized spacial score (nSPS) is 34.3. The monoisotopic (exact) mass is 464 g/mol. The summed E-state index contributed by atoms with van der Waals surface area (Å²) in [7, 11) is 0.121.